The summed E-state index contributed by atoms with van der Waals surface area (Å²) in [7, 11) is 0. The van der Waals surface area contributed by atoms with Gasteiger partial charge in [-0.25, -0.2) is 0 Å². The van der Waals surface area contributed by atoms with Gasteiger partial charge >= 0.3 is 17.9 Å². The molecule has 0 aromatic carbocycles. The summed E-state index contributed by atoms with van der Waals surface area (Å²) < 4.78 is 16.8. The maximum atomic E-state index is 12.9. The lowest BCUT2D eigenvalue weighted by atomic mass is 10.1. The van der Waals surface area contributed by atoms with Gasteiger partial charge in [0.15, 0.2) is 6.10 Å². The minimum Gasteiger partial charge on any atom is -0.462 e. The van der Waals surface area contributed by atoms with Crippen molar-refractivity contribution >= 4 is 17.9 Å². The van der Waals surface area contributed by atoms with Crippen LogP contribution in [0.1, 0.15) is 226 Å². The van der Waals surface area contributed by atoms with Gasteiger partial charge in [-0.2, -0.15) is 0 Å². The molecule has 0 fully saturated rings. The third-order valence-electron chi connectivity index (χ3n) is 11.5. The lowest BCUT2D eigenvalue weighted by Crippen LogP contribution is -2.30. The Labute approximate surface area is 448 Å². The first-order valence-corrected chi connectivity index (χ1v) is 29.0. The number of ether oxygens (including phenoxy) is 3. The van der Waals surface area contributed by atoms with E-state index in [-0.39, 0.29) is 38.0 Å². The molecule has 0 rings (SSSR count). The van der Waals surface area contributed by atoms with Crippen LogP contribution in [0.25, 0.3) is 0 Å². The molecule has 0 radical (unpaired) electrons. The summed E-state index contributed by atoms with van der Waals surface area (Å²) in [6, 6.07) is 0. The smallest absolute Gasteiger partial charge is 0.309 e. The van der Waals surface area contributed by atoms with E-state index in [0.717, 1.165) is 141 Å². The molecule has 0 heterocycles. The first-order chi connectivity index (χ1) is 36.0. The summed E-state index contributed by atoms with van der Waals surface area (Å²) in [5, 5.41) is 0. The number of allylic oxidation sites excluding steroid dienone is 25. The SMILES string of the molecule is CC/C=C\C/C=C\C/C=C\C/C=C\C/C=C\CC(=O)OCC(COC(=O)CCCCCCCCCC/C=C\C/C=C\C/C=C\C/C=C\CC)OC(=O)CCCCCCCC/C=C\C/C=C\C/C=C\C/C=C\CC. The van der Waals surface area contributed by atoms with Crippen molar-refractivity contribution in [2.75, 3.05) is 13.2 Å². The van der Waals surface area contributed by atoms with E-state index >= 15 is 0 Å². The predicted molar refractivity (Wildman–Crippen MR) is 315 cm³/mol. The van der Waals surface area contributed by atoms with Crippen LogP contribution in [0.2, 0.25) is 0 Å². The molecule has 0 bridgehead atoms. The maximum absolute atomic E-state index is 12.9. The molecule has 0 saturated carbocycles. The molecular weight excluding hydrogens is 901 g/mol. The van der Waals surface area contributed by atoms with Crippen LogP contribution in [0.3, 0.4) is 0 Å². The molecule has 1 unspecified atom stereocenters. The molecule has 73 heavy (non-hydrogen) atoms. The Bertz CT molecular complexity index is 1670. The molecule has 0 aliphatic rings. The normalized spacial score (nSPS) is 13.3. The summed E-state index contributed by atoms with van der Waals surface area (Å²) >= 11 is 0. The molecule has 408 valence electrons. The zero-order valence-corrected chi connectivity index (χ0v) is 46.6. The average molecular weight is 1010 g/mol. The summed E-state index contributed by atoms with van der Waals surface area (Å²) in [4.78, 5) is 38.2. The van der Waals surface area contributed by atoms with Crippen molar-refractivity contribution in [3.63, 3.8) is 0 Å². The zero-order chi connectivity index (χ0) is 52.9. The topological polar surface area (TPSA) is 78.9 Å². The van der Waals surface area contributed by atoms with Crippen LogP contribution in [0.4, 0.5) is 0 Å². The Morgan fingerprint density at radius 1 is 0.288 bits per heavy atom. The number of hydrogen-bond donors (Lipinski definition) is 0. The van der Waals surface area contributed by atoms with Crippen LogP contribution in [0.5, 0.6) is 0 Å². The van der Waals surface area contributed by atoms with E-state index in [4.69, 9.17) is 14.2 Å². The fourth-order valence-electron chi connectivity index (χ4n) is 7.32. The van der Waals surface area contributed by atoms with Gasteiger partial charge in [-0.3, -0.25) is 14.4 Å². The predicted octanol–water partition coefficient (Wildman–Crippen LogP) is 19.8. The highest BCUT2D eigenvalue weighted by molar-refractivity contribution is 5.72. The molecule has 0 aliphatic heterocycles. The number of unbranched alkanes of at least 4 members (excludes halogenated alkanes) is 14. The molecule has 6 heteroatoms. The first kappa shape index (κ1) is 68.0. The Balaban J connectivity index is 4.54. The van der Waals surface area contributed by atoms with E-state index in [2.05, 4.69) is 167 Å². The van der Waals surface area contributed by atoms with Gasteiger partial charge in [0.05, 0.1) is 6.42 Å². The molecule has 0 saturated heterocycles. The van der Waals surface area contributed by atoms with E-state index in [0.29, 0.717) is 6.42 Å². The Morgan fingerprint density at radius 2 is 0.548 bits per heavy atom. The number of carbonyl (C=O) groups is 3. The van der Waals surface area contributed by atoms with Crippen molar-refractivity contribution in [3.05, 3.63) is 158 Å². The molecule has 0 aliphatic carbocycles. The number of hydrogen-bond acceptors (Lipinski definition) is 6. The lowest BCUT2D eigenvalue weighted by molar-refractivity contribution is -0.166. The number of rotatable bonds is 50. The molecule has 0 amide bonds. The minimum absolute atomic E-state index is 0.115. The molecule has 1 atom stereocenters. The van der Waals surface area contributed by atoms with E-state index in [9.17, 15) is 14.4 Å². The average Bonchev–Trinajstić information content (AvgIpc) is 3.39. The highest BCUT2D eigenvalue weighted by Crippen LogP contribution is 2.14. The van der Waals surface area contributed by atoms with Gasteiger partial charge in [-0.15, -0.1) is 0 Å². The van der Waals surface area contributed by atoms with Gasteiger partial charge in [0.1, 0.15) is 13.2 Å². The Hall–Kier alpha value is -4.97. The third-order valence-corrected chi connectivity index (χ3v) is 11.5. The number of carbonyl (C=O) groups excluding carboxylic acids is 3. The van der Waals surface area contributed by atoms with Crippen molar-refractivity contribution in [2.24, 2.45) is 0 Å². The summed E-state index contributed by atoms with van der Waals surface area (Å²) in [5.74, 6) is -1.09. The van der Waals surface area contributed by atoms with Crippen LogP contribution in [0.15, 0.2) is 158 Å². The highest BCUT2D eigenvalue weighted by atomic mass is 16.6. The van der Waals surface area contributed by atoms with Crippen LogP contribution >= 0.6 is 0 Å². The number of esters is 3. The quantitative estimate of drug-likeness (QED) is 0.0261. The monoisotopic (exact) mass is 1000 g/mol. The van der Waals surface area contributed by atoms with Crippen LogP contribution in [-0.4, -0.2) is 37.2 Å². The van der Waals surface area contributed by atoms with Gasteiger partial charge in [-0.05, 0) is 122 Å². The third kappa shape index (κ3) is 57.8. The molecule has 0 spiro atoms. The van der Waals surface area contributed by atoms with E-state index in [1.54, 1.807) is 6.08 Å². The fourth-order valence-corrected chi connectivity index (χ4v) is 7.32. The molecule has 6 nitrogen and oxygen atoms in total. The zero-order valence-electron chi connectivity index (χ0n) is 46.6. The molecule has 0 N–H and O–H groups in total. The second kappa shape index (κ2) is 59.6. The van der Waals surface area contributed by atoms with Gasteiger partial charge in [0.25, 0.3) is 0 Å². The maximum Gasteiger partial charge on any atom is 0.309 e. The lowest BCUT2D eigenvalue weighted by Gasteiger charge is -2.18. The Morgan fingerprint density at radius 3 is 0.890 bits per heavy atom. The van der Waals surface area contributed by atoms with Crippen molar-refractivity contribution in [1.82, 2.24) is 0 Å². The van der Waals surface area contributed by atoms with Gasteiger partial charge in [0, 0.05) is 12.8 Å². The van der Waals surface area contributed by atoms with Gasteiger partial charge < -0.3 is 14.2 Å². The first-order valence-electron chi connectivity index (χ1n) is 29.0. The minimum atomic E-state index is -0.838. The van der Waals surface area contributed by atoms with Crippen LogP contribution < -0.4 is 0 Å². The van der Waals surface area contributed by atoms with Crippen molar-refractivity contribution < 1.29 is 28.6 Å². The molecule has 0 aromatic rings. The standard InChI is InChI=1S/C67H104O6/c1-4-7-10-13-16-19-22-25-28-30-32-33-35-36-39-42-45-48-51-54-57-60-66(69)72-63-64(62-71-65(68)59-56-53-50-47-44-41-38-27-24-21-18-15-12-9-6-3)73-67(70)61-58-55-52-49-46-43-40-37-34-31-29-26-23-20-17-14-11-8-5-2/h7-12,16-21,25-29,32-34,37-38,44,47,53,56,64H,4-6,13-15,22-24,30-31,35-36,39-43,45-46,48-52,54-55,57-63H2,1-3H3/b10-7-,11-8-,12-9-,19-16-,20-17-,21-18-,28-25-,29-26-,33-32-,37-34-,38-27-,47-44-,56-53-. The largest absolute Gasteiger partial charge is 0.462 e. The van der Waals surface area contributed by atoms with E-state index in [1.165, 1.54) is 44.9 Å². The summed E-state index contributed by atoms with van der Waals surface area (Å²) in [6.07, 6.45) is 86.8. The van der Waals surface area contributed by atoms with Gasteiger partial charge in [-0.1, -0.05) is 243 Å². The fraction of sp³-hybridized carbons (Fsp3) is 0.567. The highest BCUT2D eigenvalue weighted by Gasteiger charge is 2.19. The second-order valence-corrected chi connectivity index (χ2v) is 18.4. The van der Waals surface area contributed by atoms with E-state index in [1.807, 2.05) is 6.08 Å². The van der Waals surface area contributed by atoms with Crippen molar-refractivity contribution in [3.8, 4) is 0 Å². The molecule has 0 aromatic heterocycles. The molecular formula is C67H104O6. The van der Waals surface area contributed by atoms with Crippen molar-refractivity contribution in [2.45, 2.75) is 232 Å². The van der Waals surface area contributed by atoms with E-state index < -0.39 is 12.1 Å². The summed E-state index contributed by atoms with van der Waals surface area (Å²) in [5.41, 5.74) is 0. The summed E-state index contributed by atoms with van der Waals surface area (Å²) in [6.45, 7) is 6.18. The van der Waals surface area contributed by atoms with Crippen LogP contribution in [-0.2, 0) is 28.6 Å². The van der Waals surface area contributed by atoms with Crippen LogP contribution in [0, 0.1) is 0 Å². The van der Waals surface area contributed by atoms with Crippen molar-refractivity contribution in [1.29, 1.82) is 0 Å². The van der Waals surface area contributed by atoms with Gasteiger partial charge in [0.2, 0.25) is 0 Å². The Kier molecular flexibility index (Phi) is 55.5. The second-order valence-electron chi connectivity index (χ2n) is 18.4.